The van der Waals surface area contributed by atoms with Crippen molar-refractivity contribution < 1.29 is 17.9 Å². The summed E-state index contributed by atoms with van der Waals surface area (Å²) in [7, 11) is 2.12. The van der Waals surface area contributed by atoms with E-state index in [1.54, 1.807) is 12.1 Å². The number of piperazine rings is 1. The summed E-state index contributed by atoms with van der Waals surface area (Å²) >= 11 is 0. The van der Waals surface area contributed by atoms with Crippen molar-refractivity contribution >= 4 is 11.8 Å². The van der Waals surface area contributed by atoms with Crippen molar-refractivity contribution in [2.24, 2.45) is 0 Å². The average molecular weight is 453 g/mol. The zero-order valence-corrected chi connectivity index (χ0v) is 18.7. The number of likely N-dealkylation sites (N-methyl/N-ethyl adjacent to an activating group) is 1. The Kier molecular flexibility index (Phi) is 8.14. The molecule has 0 saturated carbocycles. The van der Waals surface area contributed by atoms with Crippen LogP contribution in [0.2, 0.25) is 0 Å². The number of hydrogen-bond donors (Lipinski definition) is 2. The molecule has 2 N–H and O–H groups in total. The van der Waals surface area contributed by atoms with Gasteiger partial charge < -0.3 is 20.3 Å². The largest absolute Gasteiger partial charge is 0.573 e. The zero-order valence-electron chi connectivity index (χ0n) is 18.7. The molecule has 0 unspecified atom stereocenters. The molecular weight excluding hydrogens is 421 g/mol. The fourth-order valence-corrected chi connectivity index (χ4v) is 3.34. The van der Waals surface area contributed by atoms with E-state index in [1.165, 1.54) is 18.2 Å². The maximum atomic E-state index is 12.6. The van der Waals surface area contributed by atoms with Gasteiger partial charge in [0.1, 0.15) is 11.6 Å². The molecule has 7 nitrogen and oxygen atoms in total. The third-order valence-electron chi connectivity index (χ3n) is 5.41. The number of anilines is 2. The second-order valence-corrected chi connectivity index (χ2v) is 8.06. The van der Waals surface area contributed by atoms with Crippen LogP contribution in [0.5, 0.6) is 5.75 Å². The third-order valence-corrected chi connectivity index (χ3v) is 5.41. The van der Waals surface area contributed by atoms with Crippen LogP contribution in [0.25, 0.3) is 11.3 Å². The molecule has 1 aliphatic heterocycles. The fraction of sp³-hybridized carbons (Fsp3) is 0.545. The highest BCUT2D eigenvalue weighted by atomic mass is 19.4. The van der Waals surface area contributed by atoms with Gasteiger partial charge in [0.25, 0.3) is 0 Å². The highest BCUT2D eigenvalue weighted by Crippen LogP contribution is 2.28. The number of benzene rings is 1. The predicted molar refractivity (Wildman–Crippen MR) is 120 cm³/mol. The summed E-state index contributed by atoms with van der Waals surface area (Å²) < 4.78 is 41.9. The zero-order chi connectivity index (χ0) is 23.1. The van der Waals surface area contributed by atoms with Crippen molar-refractivity contribution in [3.05, 3.63) is 30.3 Å². The first kappa shape index (κ1) is 24.1. The Bertz CT molecular complexity index is 871. The Labute approximate surface area is 187 Å². The second-order valence-electron chi connectivity index (χ2n) is 8.06. The van der Waals surface area contributed by atoms with Crippen LogP contribution in [-0.4, -0.2) is 78.5 Å². The van der Waals surface area contributed by atoms with Gasteiger partial charge in [-0.1, -0.05) is 19.1 Å². The van der Waals surface area contributed by atoms with E-state index in [-0.39, 0.29) is 11.8 Å². The SMILES string of the molecule is CC[C@H](C)Nc1nc(NCCN2CCN(C)CC2)cc(-c2cccc(OC(F)(F)F)c2)n1. The molecule has 0 aliphatic carbocycles. The second kappa shape index (κ2) is 10.8. The molecule has 32 heavy (non-hydrogen) atoms. The van der Waals surface area contributed by atoms with E-state index in [0.29, 0.717) is 29.6 Å². The van der Waals surface area contributed by atoms with Gasteiger partial charge >= 0.3 is 6.36 Å². The van der Waals surface area contributed by atoms with E-state index in [1.807, 2.05) is 6.92 Å². The lowest BCUT2D eigenvalue weighted by Crippen LogP contribution is -2.45. The van der Waals surface area contributed by atoms with Gasteiger partial charge in [0.2, 0.25) is 5.95 Å². The molecule has 1 aromatic carbocycles. The molecule has 3 rings (SSSR count). The van der Waals surface area contributed by atoms with Gasteiger partial charge in [-0.3, -0.25) is 4.90 Å². The molecule has 0 bridgehead atoms. The van der Waals surface area contributed by atoms with Gasteiger partial charge in [-0.25, -0.2) is 4.98 Å². The molecule has 1 fully saturated rings. The molecule has 0 amide bonds. The Balaban J connectivity index is 1.76. The molecule has 0 spiro atoms. The van der Waals surface area contributed by atoms with Crippen molar-refractivity contribution in [3.8, 4) is 17.0 Å². The Morgan fingerprint density at radius 3 is 2.56 bits per heavy atom. The summed E-state index contributed by atoms with van der Waals surface area (Å²) in [5, 5.41) is 6.59. The number of ether oxygens (including phenoxy) is 1. The van der Waals surface area contributed by atoms with E-state index in [9.17, 15) is 13.2 Å². The van der Waals surface area contributed by atoms with Crippen LogP contribution < -0.4 is 15.4 Å². The summed E-state index contributed by atoms with van der Waals surface area (Å²) in [5.41, 5.74) is 1.03. The Morgan fingerprint density at radius 2 is 1.88 bits per heavy atom. The van der Waals surface area contributed by atoms with Crippen molar-refractivity contribution in [1.29, 1.82) is 0 Å². The van der Waals surface area contributed by atoms with Crippen LogP contribution in [-0.2, 0) is 0 Å². The van der Waals surface area contributed by atoms with Crippen LogP contribution >= 0.6 is 0 Å². The number of nitrogens with one attached hydrogen (secondary N) is 2. The van der Waals surface area contributed by atoms with Gasteiger partial charge in [0.15, 0.2) is 0 Å². The highest BCUT2D eigenvalue weighted by Gasteiger charge is 2.31. The summed E-state index contributed by atoms with van der Waals surface area (Å²) in [6.07, 6.45) is -3.86. The molecule has 1 saturated heterocycles. The van der Waals surface area contributed by atoms with Gasteiger partial charge in [-0.2, -0.15) is 4.98 Å². The van der Waals surface area contributed by atoms with Crippen molar-refractivity contribution in [2.75, 3.05) is 56.9 Å². The van der Waals surface area contributed by atoms with Crippen molar-refractivity contribution in [2.45, 2.75) is 32.7 Å². The topological polar surface area (TPSA) is 65.6 Å². The van der Waals surface area contributed by atoms with E-state index < -0.39 is 6.36 Å². The van der Waals surface area contributed by atoms with Gasteiger partial charge in [-0.15, -0.1) is 13.2 Å². The number of halogens is 3. The number of rotatable bonds is 9. The summed E-state index contributed by atoms with van der Waals surface area (Å²) in [5.74, 6) is 0.771. The quantitative estimate of drug-likeness (QED) is 0.598. The Hall–Kier alpha value is -2.59. The normalized spacial score (nSPS) is 16.6. The lowest BCUT2D eigenvalue weighted by Gasteiger charge is -2.32. The molecule has 1 aromatic heterocycles. The van der Waals surface area contributed by atoms with E-state index in [4.69, 9.17) is 0 Å². The van der Waals surface area contributed by atoms with Crippen LogP contribution in [0.1, 0.15) is 20.3 Å². The van der Waals surface area contributed by atoms with E-state index >= 15 is 0 Å². The number of hydrogen-bond acceptors (Lipinski definition) is 7. The smallest absolute Gasteiger partial charge is 0.406 e. The first-order valence-corrected chi connectivity index (χ1v) is 10.9. The molecular formula is C22H31F3N6O. The van der Waals surface area contributed by atoms with Crippen LogP contribution in [0.3, 0.4) is 0 Å². The molecule has 2 heterocycles. The number of nitrogens with zero attached hydrogens (tertiary/aromatic N) is 4. The van der Waals surface area contributed by atoms with E-state index in [0.717, 1.165) is 39.1 Å². The van der Waals surface area contributed by atoms with Gasteiger partial charge in [0.05, 0.1) is 5.69 Å². The lowest BCUT2D eigenvalue weighted by molar-refractivity contribution is -0.274. The summed E-state index contributed by atoms with van der Waals surface area (Å²) in [6, 6.07) is 7.72. The minimum atomic E-state index is -4.75. The monoisotopic (exact) mass is 452 g/mol. The van der Waals surface area contributed by atoms with Crippen molar-refractivity contribution in [1.82, 2.24) is 19.8 Å². The fourth-order valence-electron chi connectivity index (χ4n) is 3.34. The van der Waals surface area contributed by atoms with Crippen LogP contribution in [0.4, 0.5) is 24.9 Å². The first-order chi connectivity index (χ1) is 15.2. The molecule has 2 aromatic rings. The van der Waals surface area contributed by atoms with Gasteiger partial charge in [-0.05, 0) is 32.5 Å². The summed E-state index contributed by atoms with van der Waals surface area (Å²) in [6.45, 7) is 9.83. The Morgan fingerprint density at radius 1 is 1.12 bits per heavy atom. The number of aromatic nitrogens is 2. The van der Waals surface area contributed by atoms with Gasteiger partial charge in [0, 0.05) is 56.9 Å². The molecule has 1 aliphatic rings. The first-order valence-electron chi connectivity index (χ1n) is 10.9. The van der Waals surface area contributed by atoms with E-state index in [2.05, 4.69) is 49.1 Å². The van der Waals surface area contributed by atoms with Crippen molar-refractivity contribution in [3.63, 3.8) is 0 Å². The highest BCUT2D eigenvalue weighted by molar-refractivity contribution is 5.66. The number of alkyl halides is 3. The third kappa shape index (κ3) is 7.52. The average Bonchev–Trinajstić information content (AvgIpc) is 2.74. The maximum absolute atomic E-state index is 12.6. The molecule has 10 heteroatoms. The molecule has 176 valence electrons. The van der Waals surface area contributed by atoms with Crippen LogP contribution in [0.15, 0.2) is 30.3 Å². The minimum absolute atomic E-state index is 0.156. The predicted octanol–water partition coefficient (Wildman–Crippen LogP) is 3.91. The minimum Gasteiger partial charge on any atom is -0.406 e. The summed E-state index contributed by atoms with van der Waals surface area (Å²) in [4.78, 5) is 13.8. The standard InChI is InChI=1S/C22H31F3N6O/c1-4-16(2)27-21-28-19(17-6-5-7-18(14-17)32-22(23,24)25)15-20(29-21)26-8-9-31-12-10-30(3)11-13-31/h5-7,14-16H,4,8-13H2,1-3H3,(H2,26,27,28,29)/t16-/m0/s1. The molecule has 1 atom stereocenters. The van der Waals surface area contributed by atoms with Crippen LogP contribution in [0, 0.1) is 0 Å². The molecule has 0 radical (unpaired) electrons. The lowest BCUT2D eigenvalue weighted by atomic mass is 10.1. The maximum Gasteiger partial charge on any atom is 0.573 e.